The zero-order valence-electron chi connectivity index (χ0n) is 44.7. The highest BCUT2D eigenvalue weighted by atomic mass is 32.1. The monoisotopic (exact) mass is 1140 g/mol. The number of anilines is 3. The van der Waals surface area contributed by atoms with E-state index in [1.54, 1.807) is 66.7 Å². The van der Waals surface area contributed by atoms with E-state index in [1.165, 1.54) is 79.9 Å². The Morgan fingerprint density at radius 1 is 0.627 bits per heavy atom. The number of carbonyl (C=O) groups excluding carboxylic acids is 4. The number of methoxy groups -OCH3 is 4. The predicted octanol–water partition coefficient (Wildman–Crippen LogP) is 11.3. The number of nitro groups is 2. The molecule has 0 unspecified atom stereocenters. The van der Waals surface area contributed by atoms with Crippen LogP contribution in [0.1, 0.15) is 72.5 Å². The van der Waals surface area contributed by atoms with Gasteiger partial charge >= 0.3 is 18.2 Å². The van der Waals surface area contributed by atoms with Crippen LogP contribution in [-0.4, -0.2) is 75.4 Å². The van der Waals surface area contributed by atoms with Crippen molar-refractivity contribution in [2.75, 3.05) is 56.6 Å². The van der Waals surface area contributed by atoms with Crippen LogP contribution in [0.15, 0.2) is 114 Å². The number of amides is 3. The summed E-state index contributed by atoms with van der Waals surface area (Å²) in [5.41, 5.74) is 1.29. The topological polar surface area (TPSA) is 264 Å². The molecule has 22 nitrogen and oxygen atoms in total. The Hall–Kier alpha value is -10.3. The number of ether oxygens (including phenoxy) is 8. The van der Waals surface area contributed by atoms with Gasteiger partial charge in [0, 0.05) is 73.3 Å². The summed E-state index contributed by atoms with van der Waals surface area (Å²) < 4.78 is 47.8. The van der Waals surface area contributed by atoms with Crippen molar-refractivity contribution in [2.24, 2.45) is 0 Å². The van der Waals surface area contributed by atoms with Gasteiger partial charge in [-0.2, -0.15) is 0 Å². The van der Waals surface area contributed by atoms with E-state index in [0.717, 1.165) is 9.40 Å². The number of aryl methyl sites for hydroxylation is 2. The average Bonchev–Trinajstić information content (AvgIpc) is 2.03. The van der Waals surface area contributed by atoms with Gasteiger partial charge in [0.15, 0.2) is 34.0 Å². The highest BCUT2D eigenvalue weighted by molar-refractivity contribution is 7.24. The number of hydrogen-bond donors (Lipinski definition) is 1. The van der Waals surface area contributed by atoms with Crippen molar-refractivity contribution in [1.29, 1.82) is 0 Å². The van der Waals surface area contributed by atoms with Gasteiger partial charge in [0.05, 0.1) is 78.5 Å². The summed E-state index contributed by atoms with van der Waals surface area (Å²) in [6.45, 7) is -0.617. The number of nitrogens with zero attached hydrogens (tertiary/aromatic N) is 4. The molecule has 0 saturated carbocycles. The predicted molar refractivity (Wildman–Crippen MR) is 302 cm³/mol. The van der Waals surface area contributed by atoms with E-state index in [0.29, 0.717) is 81.3 Å². The van der Waals surface area contributed by atoms with Crippen molar-refractivity contribution in [2.45, 2.75) is 44.5 Å². The molecule has 0 bridgehead atoms. The second kappa shape index (κ2) is 21.0. The molecule has 0 atom stereocenters. The van der Waals surface area contributed by atoms with Crippen molar-refractivity contribution in [1.82, 2.24) is 0 Å². The summed E-state index contributed by atoms with van der Waals surface area (Å²) >= 11 is 1.46. The van der Waals surface area contributed by atoms with E-state index < -0.39 is 52.7 Å². The van der Waals surface area contributed by atoms with Crippen LogP contribution in [0.2, 0.25) is 0 Å². The van der Waals surface area contributed by atoms with E-state index >= 15 is 0 Å². The number of benzene rings is 7. The molecular weight excluding hydrogens is 1090 g/mol. The molecule has 4 aliphatic rings. The highest BCUT2D eigenvalue weighted by Crippen LogP contribution is 2.59. The van der Waals surface area contributed by atoms with E-state index in [4.69, 9.17) is 37.9 Å². The Morgan fingerprint density at radius 2 is 1.16 bits per heavy atom. The molecule has 7 aromatic carbocycles. The van der Waals surface area contributed by atoms with E-state index in [1.807, 2.05) is 12.1 Å². The first kappa shape index (κ1) is 53.4. The van der Waals surface area contributed by atoms with Crippen LogP contribution in [0.3, 0.4) is 0 Å². The first-order valence-corrected chi connectivity index (χ1v) is 26.8. The molecule has 1 aromatic heterocycles. The first-order valence-electron chi connectivity index (χ1n) is 26.0. The van der Waals surface area contributed by atoms with Crippen molar-refractivity contribution < 1.29 is 66.9 Å². The van der Waals surface area contributed by atoms with Crippen molar-refractivity contribution in [3.63, 3.8) is 0 Å². The molecule has 0 radical (unpaired) electrons. The van der Waals surface area contributed by atoms with Gasteiger partial charge in [-0.05, 0) is 104 Å². The average molecular weight is 1140 g/mol. The molecule has 420 valence electrons. The smallest absolute Gasteiger partial charge is 0.414 e. The molecule has 12 rings (SSSR count). The maximum absolute atomic E-state index is 14.6. The molecule has 83 heavy (non-hydrogen) atoms. The van der Waals surface area contributed by atoms with Crippen molar-refractivity contribution in [3.8, 4) is 34.5 Å². The third kappa shape index (κ3) is 9.10. The van der Waals surface area contributed by atoms with E-state index in [-0.39, 0.29) is 86.6 Å². The number of esters is 1. The highest BCUT2D eigenvalue weighted by Gasteiger charge is 2.55. The molecule has 0 fully saturated rings. The van der Waals surface area contributed by atoms with Gasteiger partial charge in [0.2, 0.25) is 0 Å². The van der Waals surface area contributed by atoms with Crippen molar-refractivity contribution in [3.05, 3.63) is 190 Å². The summed E-state index contributed by atoms with van der Waals surface area (Å²) in [6, 6.07) is 29.0. The number of rotatable bonds is 12. The number of fused-ring (bicyclic) bond motifs is 10. The van der Waals surface area contributed by atoms with E-state index in [9.17, 15) is 44.2 Å². The Kier molecular flexibility index (Phi) is 13.5. The molecule has 23 heteroatoms. The lowest BCUT2D eigenvalue weighted by molar-refractivity contribution is -0.386. The molecule has 1 N–H and O–H groups in total. The number of nitro benzene ring substituents is 2. The van der Waals surface area contributed by atoms with Crippen molar-refractivity contribution >= 4 is 84.0 Å². The SMILES string of the molecule is COc1cc(COC(=O)N2CCCc3cc4c(cc32)Oc2cc3c(cc2C42OC(=O)c4cc(C(=O)Nc5ccc6sc7ccccc7c(=O)c6c5)ccc42)CCCN3C(=O)OCc2cc(OC)c(OC)cc2[N+](=O)[O-])c([N+](=O)[O-])cc1OC. The molecule has 4 aliphatic heterocycles. The zero-order chi connectivity index (χ0) is 58.0. The third-order valence-electron chi connectivity index (χ3n) is 15.2. The van der Waals surface area contributed by atoms with Crippen LogP contribution in [-0.2, 0) is 45.9 Å². The van der Waals surface area contributed by atoms with Crippen LogP contribution >= 0.6 is 11.3 Å². The quantitative estimate of drug-likeness (QED) is 0.0392. The lowest BCUT2D eigenvalue weighted by Crippen LogP contribution is -2.38. The minimum atomic E-state index is -1.73. The van der Waals surface area contributed by atoms with E-state index in [2.05, 4.69) is 5.32 Å². The van der Waals surface area contributed by atoms with Crippen LogP contribution < -0.4 is 44.2 Å². The summed E-state index contributed by atoms with van der Waals surface area (Å²) in [5.74, 6) is -0.399. The fourth-order valence-corrected chi connectivity index (χ4v) is 12.4. The van der Waals surface area contributed by atoms with Crippen LogP contribution in [0.4, 0.5) is 38.0 Å². The molecule has 0 saturated heterocycles. The van der Waals surface area contributed by atoms with Crippen LogP contribution in [0.5, 0.6) is 34.5 Å². The van der Waals surface area contributed by atoms with Gasteiger partial charge < -0.3 is 43.2 Å². The normalized spacial score (nSPS) is 14.2. The molecule has 5 heterocycles. The molecule has 0 aliphatic carbocycles. The Labute approximate surface area is 474 Å². The summed E-state index contributed by atoms with van der Waals surface area (Å²) in [4.78, 5) is 96.5. The minimum absolute atomic E-state index is 0.0530. The largest absolute Gasteiger partial charge is 0.493 e. The number of nitrogens with one attached hydrogen (secondary N) is 1. The summed E-state index contributed by atoms with van der Waals surface area (Å²) in [7, 11) is 5.43. The van der Waals surface area contributed by atoms with Gasteiger partial charge in [-0.25, -0.2) is 14.4 Å². The van der Waals surface area contributed by atoms with Gasteiger partial charge in [-0.3, -0.25) is 39.6 Å². The van der Waals surface area contributed by atoms with Gasteiger partial charge in [0.25, 0.3) is 17.3 Å². The standard InChI is InChI=1S/C60H47N5O17S/c1-75-49-22-34(45(64(71)72)27-51(49)77-3)29-79-58(69)62-17-7-9-31-20-41-47(25-43(31)62)81-48-26-44-32(10-8-18-63(44)59(70)80-30-35-23-50(76-2)52(78-4)28-46(35)65(73)74)21-42(48)60(41)40-15-13-33(19-38(40)57(68)82-60)56(67)61-36-14-16-54-39(24-36)55(66)37-11-5-6-12-53(37)83-54/h5-6,11-16,19-28H,7-10,17-18,29-30H2,1-4H3,(H,61,67). The Bertz CT molecular complexity index is 4040. The maximum Gasteiger partial charge on any atom is 0.414 e. The van der Waals surface area contributed by atoms with Gasteiger partial charge in [-0.15, -0.1) is 11.3 Å². The molecule has 8 aromatic rings. The van der Waals surface area contributed by atoms with Crippen LogP contribution in [0.25, 0.3) is 20.2 Å². The Balaban J connectivity index is 0.918. The first-order chi connectivity index (χ1) is 40.1. The third-order valence-corrected chi connectivity index (χ3v) is 16.4. The minimum Gasteiger partial charge on any atom is -0.493 e. The Morgan fingerprint density at radius 3 is 1.70 bits per heavy atom. The van der Waals surface area contributed by atoms with Gasteiger partial charge in [-0.1, -0.05) is 18.2 Å². The number of carbonyl (C=O) groups is 4. The lowest BCUT2D eigenvalue weighted by atomic mass is 9.75. The molecule has 1 spiro atoms. The summed E-state index contributed by atoms with van der Waals surface area (Å²) in [5, 5.41) is 28.2. The molecule has 3 amide bonds. The maximum atomic E-state index is 14.6. The lowest BCUT2D eigenvalue weighted by Gasteiger charge is -2.40. The van der Waals surface area contributed by atoms with Crippen LogP contribution in [0, 0.1) is 20.2 Å². The number of hydrogen-bond acceptors (Lipinski definition) is 18. The fourth-order valence-electron chi connectivity index (χ4n) is 11.3. The molecular formula is C60H47N5O17S. The zero-order valence-corrected chi connectivity index (χ0v) is 45.5. The van der Waals surface area contributed by atoms with Gasteiger partial charge in [0.1, 0.15) is 24.7 Å². The second-order valence-corrected chi connectivity index (χ2v) is 20.9. The fraction of sp³-hybridized carbons (Fsp3) is 0.217. The summed E-state index contributed by atoms with van der Waals surface area (Å²) in [6.07, 6.45) is 0.224. The second-order valence-electron chi connectivity index (χ2n) is 19.8.